The molecule has 1 unspecified atom stereocenters. The van der Waals surface area contributed by atoms with Crippen LogP contribution in [0.5, 0.6) is 0 Å². The second-order valence-electron chi connectivity index (χ2n) is 7.47. The Labute approximate surface area is 189 Å². The molecule has 0 saturated carbocycles. The van der Waals surface area contributed by atoms with Crippen molar-refractivity contribution in [3.8, 4) is 23.1 Å². The zero-order valence-corrected chi connectivity index (χ0v) is 18.0. The van der Waals surface area contributed by atoms with Crippen LogP contribution in [0.15, 0.2) is 53.2 Å². The first kappa shape index (κ1) is 20.9. The molecule has 0 amide bonds. The lowest BCUT2D eigenvalue weighted by atomic mass is 10.2. The van der Waals surface area contributed by atoms with E-state index in [0.717, 1.165) is 24.4 Å². The highest BCUT2D eigenvalue weighted by atomic mass is 16.5. The molecule has 1 atom stereocenters. The van der Waals surface area contributed by atoms with Crippen molar-refractivity contribution in [3.05, 3.63) is 54.4 Å². The molecule has 168 valence electrons. The molecule has 3 aromatic heterocycles. The van der Waals surface area contributed by atoms with Crippen LogP contribution in [-0.2, 0) is 16.1 Å². The lowest BCUT2D eigenvalue weighted by Gasteiger charge is -2.17. The van der Waals surface area contributed by atoms with Crippen molar-refractivity contribution in [3.63, 3.8) is 0 Å². The van der Waals surface area contributed by atoms with Crippen molar-refractivity contribution in [1.82, 2.24) is 30.1 Å². The predicted molar refractivity (Wildman–Crippen MR) is 119 cm³/mol. The average Bonchev–Trinajstić information content (AvgIpc) is 3.55. The number of nitrogen functional groups attached to an aromatic ring is 1. The highest BCUT2D eigenvalue weighted by molar-refractivity contribution is 5.60. The third-order valence-corrected chi connectivity index (χ3v) is 5.14. The van der Waals surface area contributed by atoms with Gasteiger partial charge in [-0.1, -0.05) is 23.4 Å². The minimum atomic E-state index is 0.0582. The van der Waals surface area contributed by atoms with E-state index < -0.39 is 0 Å². The minimum Gasteiger partial charge on any atom is -0.379 e. The molecule has 4 aromatic rings. The number of ether oxygens (including phenoxy) is 2. The Balaban J connectivity index is 1.32. The summed E-state index contributed by atoms with van der Waals surface area (Å²) in [4.78, 5) is 23.5. The molecular formula is C22H22N8O3. The lowest BCUT2D eigenvalue weighted by molar-refractivity contribution is 0.0301. The van der Waals surface area contributed by atoms with Gasteiger partial charge >= 0.3 is 0 Å². The van der Waals surface area contributed by atoms with E-state index in [1.807, 2.05) is 49.5 Å². The summed E-state index contributed by atoms with van der Waals surface area (Å²) in [6.45, 7) is 1.80. The molecule has 4 heterocycles. The zero-order chi connectivity index (χ0) is 22.6. The van der Waals surface area contributed by atoms with Gasteiger partial charge in [0.1, 0.15) is 0 Å². The van der Waals surface area contributed by atoms with E-state index in [1.165, 1.54) is 0 Å². The fourth-order valence-corrected chi connectivity index (χ4v) is 3.31. The number of benzene rings is 1. The predicted octanol–water partition coefficient (Wildman–Crippen LogP) is 2.64. The van der Waals surface area contributed by atoms with Crippen molar-refractivity contribution >= 4 is 17.6 Å². The number of nitrogens with zero attached hydrogens (tertiary/aromatic N) is 7. The second-order valence-corrected chi connectivity index (χ2v) is 7.47. The van der Waals surface area contributed by atoms with Crippen molar-refractivity contribution in [1.29, 1.82) is 0 Å². The van der Waals surface area contributed by atoms with Gasteiger partial charge in [0.2, 0.25) is 23.5 Å². The normalized spacial score (nSPS) is 15.6. The van der Waals surface area contributed by atoms with Crippen molar-refractivity contribution in [2.24, 2.45) is 0 Å². The SMILES string of the molecule is CN(c1ccccc1)c1nc(N)nc(-c2noc(-c3ccc(COC4CCOC4)nc3)n2)n1. The molecule has 11 heteroatoms. The third-order valence-electron chi connectivity index (χ3n) is 5.14. The Kier molecular flexibility index (Phi) is 5.87. The van der Waals surface area contributed by atoms with Crippen molar-refractivity contribution < 1.29 is 14.0 Å². The van der Waals surface area contributed by atoms with E-state index in [2.05, 4.69) is 30.1 Å². The quantitative estimate of drug-likeness (QED) is 0.448. The first-order valence-electron chi connectivity index (χ1n) is 10.4. The van der Waals surface area contributed by atoms with Crippen LogP contribution >= 0.6 is 0 Å². The number of aromatic nitrogens is 6. The van der Waals surface area contributed by atoms with Crippen LogP contribution in [0, 0.1) is 0 Å². The van der Waals surface area contributed by atoms with E-state index in [9.17, 15) is 0 Å². The Morgan fingerprint density at radius 1 is 1.06 bits per heavy atom. The van der Waals surface area contributed by atoms with Crippen LogP contribution in [0.1, 0.15) is 12.1 Å². The maximum atomic E-state index is 5.92. The highest BCUT2D eigenvalue weighted by Crippen LogP contribution is 2.24. The number of hydrogen-bond acceptors (Lipinski definition) is 11. The fraction of sp³-hybridized carbons (Fsp3) is 0.273. The summed E-state index contributed by atoms with van der Waals surface area (Å²) in [5.74, 6) is 1.14. The van der Waals surface area contributed by atoms with Gasteiger partial charge in [0.05, 0.1) is 30.6 Å². The molecule has 5 rings (SSSR count). The Hall–Kier alpha value is -3.96. The molecule has 1 aromatic carbocycles. The van der Waals surface area contributed by atoms with Gasteiger partial charge in [-0.15, -0.1) is 0 Å². The lowest BCUT2D eigenvalue weighted by Crippen LogP contribution is -2.15. The molecule has 2 N–H and O–H groups in total. The van der Waals surface area contributed by atoms with Gasteiger partial charge in [-0.25, -0.2) is 0 Å². The van der Waals surface area contributed by atoms with E-state index in [0.29, 0.717) is 30.6 Å². The molecule has 1 saturated heterocycles. The fourth-order valence-electron chi connectivity index (χ4n) is 3.31. The van der Waals surface area contributed by atoms with Gasteiger partial charge in [-0.3, -0.25) is 4.98 Å². The molecule has 0 radical (unpaired) electrons. The summed E-state index contributed by atoms with van der Waals surface area (Å²) < 4.78 is 16.5. The molecule has 11 nitrogen and oxygen atoms in total. The van der Waals surface area contributed by atoms with Crippen LogP contribution in [0.2, 0.25) is 0 Å². The average molecular weight is 446 g/mol. The second kappa shape index (κ2) is 9.27. The largest absolute Gasteiger partial charge is 0.379 e. The number of hydrogen-bond donors (Lipinski definition) is 1. The first-order valence-corrected chi connectivity index (χ1v) is 10.4. The summed E-state index contributed by atoms with van der Waals surface area (Å²) in [5.41, 5.74) is 8.30. The minimum absolute atomic E-state index is 0.0582. The van der Waals surface area contributed by atoms with Crippen LogP contribution in [0.3, 0.4) is 0 Å². The Bertz CT molecular complexity index is 1210. The standard InChI is InChI=1S/C22H22N8O3/c1-30(16-5-3-2-4-6-16)22-27-18(26-21(23)28-22)19-25-20(33-29-19)14-7-8-15(24-11-14)12-32-17-9-10-31-13-17/h2-8,11,17H,9-10,12-13H2,1H3,(H2,23,26,27,28). The molecule has 1 aliphatic rings. The number of anilines is 3. The summed E-state index contributed by atoms with van der Waals surface area (Å²) >= 11 is 0. The van der Waals surface area contributed by atoms with Crippen molar-refractivity contribution in [2.75, 3.05) is 30.9 Å². The summed E-state index contributed by atoms with van der Waals surface area (Å²) in [5, 5.41) is 4.01. The first-order chi connectivity index (χ1) is 16.2. The van der Waals surface area contributed by atoms with Crippen LogP contribution in [0.4, 0.5) is 17.6 Å². The van der Waals surface area contributed by atoms with Gasteiger partial charge in [-0.05, 0) is 30.7 Å². The summed E-state index contributed by atoms with van der Waals surface area (Å²) in [6, 6.07) is 13.4. The van der Waals surface area contributed by atoms with Crippen LogP contribution in [0.25, 0.3) is 23.1 Å². The molecular weight excluding hydrogens is 424 g/mol. The maximum Gasteiger partial charge on any atom is 0.259 e. The van der Waals surface area contributed by atoms with E-state index in [1.54, 1.807) is 11.1 Å². The molecule has 33 heavy (non-hydrogen) atoms. The van der Waals surface area contributed by atoms with Gasteiger partial charge < -0.3 is 24.6 Å². The van der Waals surface area contributed by atoms with E-state index in [4.69, 9.17) is 19.7 Å². The Morgan fingerprint density at radius 3 is 2.70 bits per heavy atom. The van der Waals surface area contributed by atoms with Gasteiger partial charge in [0, 0.05) is 25.5 Å². The topological polar surface area (TPSA) is 138 Å². The zero-order valence-electron chi connectivity index (χ0n) is 18.0. The molecule has 0 bridgehead atoms. The number of pyridine rings is 1. The maximum absolute atomic E-state index is 5.92. The highest BCUT2D eigenvalue weighted by Gasteiger charge is 2.18. The van der Waals surface area contributed by atoms with E-state index >= 15 is 0 Å². The van der Waals surface area contributed by atoms with Gasteiger partial charge in [0.15, 0.2) is 0 Å². The smallest absolute Gasteiger partial charge is 0.259 e. The monoisotopic (exact) mass is 446 g/mol. The van der Waals surface area contributed by atoms with Crippen LogP contribution < -0.4 is 10.6 Å². The van der Waals surface area contributed by atoms with Crippen LogP contribution in [-0.4, -0.2) is 56.4 Å². The molecule has 0 aliphatic carbocycles. The Morgan fingerprint density at radius 2 is 1.94 bits per heavy atom. The molecule has 1 fully saturated rings. The summed E-state index contributed by atoms with van der Waals surface area (Å²) in [7, 11) is 1.84. The number of nitrogens with two attached hydrogens (primary N) is 1. The third kappa shape index (κ3) is 4.78. The van der Waals surface area contributed by atoms with Crippen molar-refractivity contribution in [2.45, 2.75) is 19.1 Å². The molecule has 1 aliphatic heterocycles. The number of rotatable bonds is 7. The van der Waals surface area contributed by atoms with E-state index in [-0.39, 0.29) is 23.7 Å². The van der Waals surface area contributed by atoms with Gasteiger partial charge in [-0.2, -0.15) is 19.9 Å². The van der Waals surface area contributed by atoms with Gasteiger partial charge in [0.25, 0.3) is 5.89 Å². The summed E-state index contributed by atoms with van der Waals surface area (Å²) in [6.07, 6.45) is 2.70. The molecule has 0 spiro atoms. The number of para-hydroxylation sites is 1.